The van der Waals surface area contributed by atoms with Crippen molar-refractivity contribution in [2.75, 3.05) is 0 Å². The average Bonchev–Trinajstić information content (AvgIpc) is 2.82. The molecule has 0 aromatic rings. The van der Waals surface area contributed by atoms with Gasteiger partial charge in [0.05, 0.1) is 0 Å². The summed E-state index contributed by atoms with van der Waals surface area (Å²) in [4.78, 5) is 12.4. The molecule has 7 atom stereocenters. The molecule has 22 heavy (non-hydrogen) atoms. The molecule has 0 unspecified atom stereocenters. The van der Waals surface area contributed by atoms with Crippen molar-refractivity contribution in [2.24, 2.45) is 40.4 Å². The molecule has 1 heteroatoms. The maximum atomic E-state index is 12.4. The summed E-state index contributed by atoms with van der Waals surface area (Å²) in [5, 5.41) is 0. The predicted octanol–water partition coefficient (Wildman–Crippen LogP) is 4.85. The van der Waals surface area contributed by atoms with Crippen LogP contribution in [0.3, 0.4) is 0 Å². The zero-order chi connectivity index (χ0) is 15.5. The number of hydrogen-bond acceptors (Lipinski definition) is 1. The Morgan fingerprint density at radius 1 is 1.05 bits per heavy atom. The average molecular weight is 298 g/mol. The van der Waals surface area contributed by atoms with Crippen LogP contribution in [0, 0.1) is 52.8 Å². The molecule has 0 bridgehead atoms. The minimum Gasteiger partial charge on any atom is -0.299 e. The number of carbonyl (C=O) groups is 1. The third-order valence-electron chi connectivity index (χ3n) is 8.61. The lowest BCUT2D eigenvalue weighted by Gasteiger charge is -2.60. The second kappa shape index (κ2) is 4.86. The Balaban J connectivity index is 1.62. The highest BCUT2D eigenvalue weighted by Crippen LogP contribution is 2.65. The SMILES string of the molecule is C#C[C@H]1CC[C@@]2(C)[C@@H](CC[C@@H]3[C@@H]2CC[C@]2(C)C(=O)CC[C@@H]32)C1. The van der Waals surface area contributed by atoms with Crippen LogP contribution in [0.4, 0.5) is 0 Å². The minimum atomic E-state index is 0.0282. The van der Waals surface area contributed by atoms with E-state index in [1.807, 2.05) is 0 Å². The van der Waals surface area contributed by atoms with E-state index in [4.69, 9.17) is 6.42 Å². The van der Waals surface area contributed by atoms with Gasteiger partial charge in [-0.05, 0) is 80.5 Å². The van der Waals surface area contributed by atoms with Gasteiger partial charge in [0.2, 0.25) is 0 Å². The van der Waals surface area contributed by atoms with E-state index in [1.165, 1.54) is 44.9 Å². The highest BCUT2D eigenvalue weighted by molar-refractivity contribution is 5.87. The van der Waals surface area contributed by atoms with Crippen LogP contribution in [0.15, 0.2) is 0 Å². The largest absolute Gasteiger partial charge is 0.299 e. The molecule has 0 heterocycles. The molecule has 4 saturated carbocycles. The lowest BCUT2D eigenvalue weighted by atomic mass is 9.45. The van der Waals surface area contributed by atoms with E-state index in [1.54, 1.807) is 0 Å². The van der Waals surface area contributed by atoms with Crippen molar-refractivity contribution < 1.29 is 4.79 Å². The highest BCUT2D eigenvalue weighted by atomic mass is 16.1. The molecule has 4 aliphatic rings. The standard InChI is InChI=1S/C21H30O/c1-4-14-9-11-20(2)15(13-14)5-6-16-17-7-8-19(22)21(17,3)12-10-18(16)20/h1,14-18H,5-13H2,2-3H3/t14-,15-,16-,17-,18-,20-,21-/m0/s1. The number of terminal acetylenes is 1. The van der Waals surface area contributed by atoms with Gasteiger partial charge in [-0.25, -0.2) is 0 Å². The third-order valence-corrected chi connectivity index (χ3v) is 8.61. The number of hydrogen-bond donors (Lipinski definition) is 0. The molecular weight excluding hydrogens is 268 g/mol. The Hall–Kier alpha value is -0.770. The molecule has 0 spiro atoms. The molecule has 0 aliphatic heterocycles. The fourth-order valence-electron chi connectivity index (χ4n) is 7.18. The Labute approximate surface area is 135 Å². The number of rotatable bonds is 0. The Morgan fingerprint density at radius 3 is 2.64 bits per heavy atom. The smallest absolute Gasteiger partial charge is 0.139 e. The second-order valence-corrected chi connectivity index (χ2v) is 9.21. The first-order valence-corrected chi connectivity index (χ1v) is 9.48. The fraction of sp³-hybridized carbons (Fsp3) is 0.857. The van der Waals surface area contributed by atoms with Gasteiger partial charge in [0, 0.05) is 17.8 Å². The van der Waals surface area contributed by atoms with Gasteiger partial charge in [-0.1, -0.05) is 13.8 Å². The quantitative estimate of drug-likeness (QED) is 0.584. The highest BCUT2D eigenvalue weighted by Gasteiger charge is 2.60. The second-order valence-electron chi connectivity index (χ2n) is 9.21. The zero-order valence-electron chi connectivity index (χ0n) is 14.2. The predicted molar refractivity (Wildman–Crippen MR) is 89.1 cm³/mol. The fourth-order valence-corrected chi connectivity index (χ4v) is 7.18. The number of Topliss-reactive ketones (excluding diaryl/α,β-unsaturated/α-hetero) is 1. The number of carbonyl (C=O) groups excluding carboxylic acids is 1. The van der Waals surface area contributed by atoms with Gasteiger partial charge in [-0.2, -0.15) is 0 Å². The zero-order valence-corrected chi connectivity index (χ0v) is 14.2. The molecule has 4 rings (SSSR count). The van der Waals surface area contributed by atoms with Crippen LogP contribution in [0.1, 0.15) is 71.6 Å². The van der Waals surface area contributed by atoms with E-state index < -0.39 is 0 Å². The van der Waals surface area contributed by atoms with E-state index in [9.17, 15) is 4.79 Å². The van der Waals surface area contributed by atoms with E-state index in [0.717, 1.165) is 30.6 Å². The van der Waals surface area contributed by atoms with Gasteiger partial charge in [0.15, 0.2) is 0 Å². The van der Waals surface area contributed by atoms with Crippen LogP contribution in [0.5, 0.6) is 0 Å². The van der Waals surface area contributed by atoms with Crippen LogP contribution in [-0.4, -0.2) is 5.78 Å². The Bertz CT molecular complexity index is 529. The van der Waals surface area contributed by atoms with Crippen LogP contribution >= 0.6 is 0 Å². The van der Waals surface area contributed by atoms with Crippen LogP contribution in [0.2, 0.25) is 0 Å². The van der Waals surface area contributed by atoms with Crippen LogP contribution in [0.25, 0.3) is 0 Å². The summed E-state index contributed by atoms with van der Waals surface area (Å²) < 4.78 is 0. The first-order chi connectivity index (χ1) is 10.5. The molecule has 0 radical (unpaired) electrons. The van der Waals surface area contributed by atoms with Crippen molar-refractivity contribution in [3.05, 3.63) is 0 Å². The summed E-state index contributed by atoms with van der Waals surface area (Å²) in [6.45, 7) is 4.85. The summed E-state index contributed by atoms with van der Waals surface area (Å²) in [6.07, 6.45) is 16.7. The van der Waals surface area contributed by atoms with Gasteiger partial charge in [-0.15, -0.1) is 12.3 Å². The summed E-state index contributed by atoms with van der Waals surface area (Å²) >= 11 is 0. The van der Waals surface area contributed by atoms with Gasteiger partial charge < -0.3 is 0 Å². The normalized spacial score (nSPS) is 54.0. The molecule has 0 aromatic carbocycles. The van der Waals surface area contributed by atoms with E-state index in [-0.39, 0.29) is 5.41 Å². The third kappa shape index (κ3) is 1.82. The van der Waals surface area contributed by atoms with Crippen molar-refractivity contribution in [1.29, 1.82) is 0 Å². The summed E-state index contributed by atoms with van der Waals surface area (Å²) in [7, 11) is 0. The van der Waals surface area contributed by atoms with Crippen LogP contribution in [-0.2, 0) is 4.79 Å². The van der Waals surface area contributed by atoms with Crippen molar-refractivity contribution in [1.82, 2.24) is 0 Å². The van der Waals surface area contributed by atoms with E-state index in [0.29, 0.717) is 23.0 Å². The molecule has 120 valence electrons. The number of ketones is 1. The lowest BCUT2D eigenvalue weighted by molar-refractivity contribution is -0.139. The van der Waals surface area contributed by atoms with Crippen molar-refractivity contribution >= 4 is 5.78 Å². The molecular formula is C21H30O. The summed E-state index contributed by atoms with van der Waals surface area (Å²) in [6, 6.07) is 0. The molecule has 4 fully saturated rings. The maximum Gasteiger partial charge on any atom is 0.139 e. The van der Waals surface area contributed by atoms with E-state index >= 15 is 0 Å². The molecule has 0 N–H and O–H groups in total. The number of fused-ring (bicyclic) bond motifs is 5. The van der Waals surface area contributed by atoms with Crippen molar-refractivity contribution in [3.63, 3.8) is 0 Å². The molecule has 4 aliphatic carbocycles. The van der Waals surface area contributed by atoms with Gasteiger partial charge >= 0.3 is 0 Å². The first-order valence-electron chi connectivity index (χ1n) is 9.48. The van der Waals surface area contributed by atoms with Gasteiger partial charge in [0.25, 0.3) is 0 Å². The molecule has 0 saturated heterocycles. The molecule has 1 nitrogen and oxygen atoms in total. The van der Waals surface area contributed by atoms with Gasteiger partial charge in [0.1, 0.15) is 5.78 Å². The Kier molecular flexibility index (Phi) is 3.27. The first kappa shape index (κ1) is 14.8. The molecule has 0 amide bonds. The van der Waals surface area contributed by atoms with Crippen molar-refractivity contribution in [2.45, 2.75) is 71.6 Å². The monoisotopic (exact) mass is 298 g/mol. The maximum absolute atomic E-state index is 12.4. The molecule has 0 aromatic heterocycles. The topological polar surface area (TPSA) is 17.1 Å². The summed E-state index contributed by atoms with van der Waals surface area (Å²) in [5.74, 6) is 7.31. The van der Waals surface area contributed by atoms with Crippen LogP contribution < -0.4 is 0 Å². The summed E-state index contributed by atoms with van der Waals surface area (Å²) in [5.41, 5.74) is 0.531. The van der Waals surface area contributed by atoms with Crippen molar-refractivity contribution in [3.8, 4) is 12.3 Å². The van der Waals surface area contributed by atoms with Gasteiger partial charge in [-0.3, -0.25) is 4.79 Å². The minimum absolute atomic E-state index is 0.0282. The Morgan fingerprint density at radius 2 is 1.86 bits per heavy atom. The lowest BCUT2D eigenvalue weighted by Crippen LogP contribution is -2.53. The van der Waals surface area contributed by atoms with E-state index in [2.05, 4.69) is 19.8 Å².